The van der Waals surface area contributed by atoms with E-state index in [1.54, 1.807) is 16.2 Å². The van der Waals surface area contributed by atoms with Crippen LogP contribution in [-0.2, 0) is 11.3 Å². The summed E-state index contributed by atoms with van der Waals surface area (Å²) in [6.45, 7) is 3.41. The fourth-order valence-electron chi connectivity index (χ4n) is 1.73. The maximum absolute atomic E-state index is 12.1. The molecule has 0 fully saturated rings. The summed E-state index contributed by atoms with van der Waals surface area (Å²) in [7, 11) is 0. The SMILES string of the molecule is CCN(Cc1cccs1)C(=O)COc1ccc(I)cc1. The van der Waals surface area contributed by atoms with Crippen molar-refractivity contribution in [2.45, 2.75) is 13.5 Å². The van der Waals surface area contributed by atoms with Gasteiger partial charge in [-0.25, -0.2) is 0 Å². The van der Waals surface area contributed by atoms with Crippen molar-refractivity contribution in [2.24, 2.45) is 0 Å². The number of amides is 1. The summed E-state index contributed by atoms with van der Waals surface area (Å²) in [4.78, 5) is 15.1. The van der Waals surface area contributed by atoms with Crippen LogP contribution in [0.25, 0.3) is 0 Å². The van der Waals surface area contributed by atoms with Gasteiger partial charge in [0.25, 0.3) is 5.91 Å². The highest BCUT2D eigenvalue weighted by atomic mass is 127. The summed E-state index contributed by atoms with van der Waals surface area (Å²) in [6.07, 6.45) is 0. The number of hydrogen-bond donors (Lipinski definition) is 0. The van der Waals surface area contributed by atoms with E-state index in [0.29, 0.717) is 13.1 Å². The maximum atomic E-state index is 12.1. The second-order valence-corrected chi connectivity index (χ2v) is 6.51. The van der Waals surface area contributed by atoms with E-state index in [2.05, 4.69) is 22.6 Å². The molecule has 0 aliphatic rings. The molecule has 5 heteroatoms. The molecule has 0 bridgehead atoms. The first-order chi connectivity index (χ1) is 9.69. The summed E-state index contributed by atoms with van der Waals surface area (Å²) in [6, 6.07) is 11.7. The molecule has 0 radical (unpaired) electrons. The zero-order valence-electron chi connectivity index (χ0n) is 11.2. The average Bonchev–Trinajstić information content (AvgIpc) is 2.97. The van der Waals surface area contributed by atoms with Gasteiger partial charge in [-0.2, -0.15) is 0 Å². The van der Waals surface area contributed by atoms with E-state index in [-0.39, 0.29) is 12.5 Å². The summed E-state index contributed by atoms with van der Waals surface area (Å²) in [5.41, 5.74) is 0. The van der Waals surface area contributed by atoms with E-state index >= 15 is 0 Å². The molecular formula is C15H16INO2S. The van der Waals surface area contributed by atoms with Crippen molar-refractivity contribution in [2.75, 3.05) is 13.2 Å². The molecule has 0 saturated carbocycles. The van der Waals surface area contributed by atoms with Crippen LogP contribution < -0.4 is 4.74 Å². The van der Waals surface area contributed by atoms with Crippen LogP contribution in [-0.4, -0.2) is 24.0 Å². The second kappa shape index (κ2) is 7.64. The van der Waals surface area contributed by atoms with Gasteiger partial charge in [0.2, 0.25) is 0 Å². The maximum Gasteiger partial charge on any atom is 0.260 e. The highest BCUT2D eigenvalue weighted by Gasteiger charge is 2.13. The topological polar surface area (TPSA) is 29.5 Å². The van der Waals surface area contributed by atoms with Crippen molar-refractivity contribution >= 4 is 39.8 Å². The Morgan fingerprint density at radius 1 is 1.30 bits per heavy atom. The van der Waals surface area contributed by atoms with Crippen molar-refractivity contribution in [3.63, 3.8) is 0 Å². The number of carbonyl (C=O) groups is 1. The highest BCUT2D eigenvalue weighted by molar-refractivity contribution is 14.1. The predicted octanol–water partition coefficient (Wildman–Crippen LogP) is 3.78. The number of carbonyl (C=O) groups excluding carboxylic acids is 1. The lowest BCUT2D eigenvalue weighted by molar-refractivity contribution is -0.133. The summed E-state index contributed by atoms with van der Waals surface area (Å²) in [5.74, 6) is 0.741. The van der Waals surface area contributed by atoms with Gasteiger partial charge in [-0.05, 0) is 65.2 Å². The van der Waals surface area contributed by atoms with Crippen LogP contribution in [0.15, 0.2) is 41.8 Å². The molecule has 1 aromatic heterocycles. The number of likely N-dealkylation sites (N-methyl/N-ethyl adjacent to an activating group) is 1. The summed E-state index contributed by atoms with van der Waals surface area (Å²) < 4.78 is 6.68. The van der Waals surface area contributed by atoms with Crippen LogP contribution in [0.2, 0.25) is 0 Å². The van der Waals surface area contributed by atoms with E-state index < -0.39 is 0 Å². The smallest absolute Gasteiger partial charge is 0.260 e. The quantitative estimate of drug-likeness (QED) is 0.690. The molecule has 1 aromatic carbocycles. The molecule has 1 amide bonds. The third kappa shape index (κ3) is 4.49. The number of benzene rings is 1. The Kier molecular flexibility index (Phi) is 5.85. The van der Waals surface area contributed by atoms with Crippen LogP contribution in [0.5, 0.6) is 5.75 Å². The Bertz CT molecular complexity index is 540. The first-order valence-corrected chi connectivity index (χ1v) is 8.33. The van der Waals surface area contributed by atoms with E-state index in [1.807, 2.05) is 48.7 Å². The van der Waals surface area contributed by atoms with E-state index in [0.717, 1.165) is 9.32 Å². The molecule has 20 heavy (non-hydrogen) atoms. The minimum atomic E-state index is 0.0134. The largest absolute Gasteiger partial charge is 0.484 e. The first kappa shape index (κ1) is 15.3. The Balaban J connectivity index is 1.87. The number of nitrogens with zero attached hydrogens (tertiary/aromatic N) is 1. The monoisotopic (exact) mass is 401 g/mol. The molecule has 0 N–H and O–H groups in total. The van der Waals surface area contributed by atoms with Crippen molar-refractivity contribution in [1.29, 1.82) is 0 Å². The standard InChI is InChI=1S/C15H16INO2S/c1-2-17(10-14-4-3-9-20-14)15(18)11-19-13-7-5-12(16)6-8-13/h3-9H,2,10-11H2,1H3. The van der Waals surface area contributed by atoms with Gasteiger partial charge in [0.15, 0.2) is 6.61 Å². The minimum absolute atomic E-state index is 0.0134. The summed E-state index contributed by atoms with van der Waals surface area (Å²) in [5, 5.41) is 2.02. The van der Waals surface area contributed by atoms with Crippen molar-refractivity contribution in [1.82, 2.24) is 4.90 Å². The number of thiophene rings is 1. The third-order valence-corrected chi connectivity index (χ3v) is 4.42. The Hall–Kier alpha value is -1.08. The van der Waals surface area contributed by atoms with E-state index in [1.165, 1.54) is 4.88 Å². The predicted molar refractivity (Wildman–Crippen MR) is 90.1 cm³/mol. The molecule has 0 aliphatic heterocycles. The molecule has 0 aliphatic carbocycles. The molecule has 2 aromatic rings. The van der Waals surface area contributed by atoms with Crippen LogP contribution in [0.1, 0.15) is 11.8 Å². The van der Waals surface area contributed by atoms with Gasteiger partial charge >= 0.3 is 0 Å². The van der Waals surface area contributed by atoms with E-state index in [9.17, 15) is 4.79 Å². The minimum Gasteiger partial charge on any atom is -0.484 e. The molecule has 1 heterocycles. The highest BCUT2D eigenvalue weighted by Crippen LogP contribution is 2.15. The normalized spacial score (nSPS) is 10.3. The zero-order valence-corrected chi connectivity index (χ0v) is 14.2. The molecule has 106 valence electrons. The lowest BCUT2D eigenvalue weighted by atomic mass is 10.3. The van der Waals surface area contributed by atoms with Gasteiger partial charge in [0.1, 0.15) is 5.75 Å². The van der Waals surface area contributed by atoms with E-state index in [4.69, 9.17) is 4.74 Å². The molecule has 3 nitrogen and oxygen atoms in total. The lowest BCUT2D eigenvalue weighted by Crippen LogP contribution is -2.34. The van der Waals surface area contributed by atoms with Gasteiger partial charge in [-0.3, -0.25) is 4.79 Å². The molecule has 0 unspecified atom stereocenters. The van der Waals surface area contributed by atoms with Gasteiger partial charge in [-0.15, -0.1) is 11.3 Å². The number of halogens is 1. The van der Waals surface area contributed by atoms with Crippen molar-refractivity contribution in [3.8, 4) is 5.75 Å². The summed E-state index contributed by atoms with van der Waals surface area (Å²) >= 11 is 3.90. The molecule has 0 spiro atoms. The Morgan fingerprint density at radius 3 is 2.65 bits per heavy atom. The Morgan fingerprint density at radius 2 is 2.05 bits per heavy atom. The molecule has 0 saturated heterocycles. The van der Waals surface area contributed by atoms with Crippen LogP contribution in [0.4, 0.5) is 0 Å². The third-order valence-electron chi connectivity index (χ3n) is 2.84. The first-order valence-electron chi connectivity index (χ1n) is 6.37. The van der Waals surface area contributed by atoms with Crippen molar-refractivity contribution < 1.29 is 9.53 Å². The number of ether oxygens (including phenoxy) is 1. The van der Waals surface area contributed by atoms with Gasteiger partial charge in [-0.1, -0.05) is 6.07 Å². The molecular weight excluding hydrogens is 385 g/mol. The number of hydrogen-bond acceptors (Lipinski definition) is 3. The van der Waals surface area contributed by atoms with Crippen LogP contribution >= 0.6 is 33.9 Å². The fourth-order valence-corrected chi connectivity index (χ4v) is 2.81. The lowest BCUT2D eigenvalue weighted by Gasteiger charge is -2.20. The second-order valence-electron chi connectivity index (χ2n) is 4.23. The van der Waals surface area contributed by atoms with Crippen molar-refractivity contribution in [3.05, 3.63) is 50.2 Å². The van der Waals surface area contributed by atoms with Gasteiger partial charge < -0.3 is 9.64 Å². The molecule has 0 atom stereocenters. The zero-order chi connectivity index (χ0) is 14.4. The average molecular weight is 401 g/mol. The van der Waals surface area contributed by atoms with Crippen LogP contribution in [0, 0.1) is 3.57 Å². The fraction of sp³-hybridized carbons (Fsp3) is 0.267. The molecule has 2 rings (SSSR count). The van der Waals surface area contributed by atoms with Gasteiger partial charge in [0, 0.05) is 15.0 Å². The Labute approximate surface area is 136 Å². The van der Waals surface area contributed by atoms with Gasteiger partial charge in [0.05, 0.1) is 6.54 Å². The number of rotatable bonds is 6. The van der Waals surface area contributed by atoms with Crippen LogP contribution in [0.3, 0.4) is 0 Å².